The van der Waals surface area contributed by atoms with Gasteiger partial charge in [0.25, 0.3) is 0 Å². The van der Waals surface area contributed by atoms with Gasteiger partial charge < -0.3 is 9.84 Å². The zero-order valence-corrected chi connectivity index (χ0v) is 12.2. The summed E-state index contributed by atoms with van der Waals surface area (Å²) in [6.07, 6.45) is 2.75. The van der Waals surface area contributed by atoms with E-state index in [4.69, 9.17) is 4.74 Å². The Morgan fingerprint density at radius 1 is 1.33 bits per heavy atom. The lowest BCUT2D eigenvalue weighted by Crippen LogP contribution is -2.45. The number of nitriles is 1. The molecular weight excluding hydrogens is 264 g/mol. The molecule has 112 valence electrons. The summed E-state index contributed by atoms with van der Waals surface area (Å²) in [5.41, 5.74) is 1.83. The quantitative estimate of drug-likeness (QED) is 0.922. The number of hydrogen-bond acceptors (Lipinski definition) is 4. The molecule has 1 aromatic rings. The molecule has 0 aromatic heterocycles. The smallest absolute Gasteiger partial charge is 0.0995 e. The minimum absolute atomic E-state index is 0.204. The number of aliphatic hydroxyl groups is 1. The number of hydrogen-bond donors (Lipinski definition) is 1. The van der Waals surface area contributed by atoms with E-state index in [0.717, 1.165) is 43.5 Å². The summed E-state index contributed by atoms with van der Waals surface area (Å²) in [4.78, 5) is 2.42. The van der Waals surface area contributed by atoms with Crippen LogP contribution in [-0.4, -0.2) is 41.9 Å². The molecule has 21 heavy (non-hydrogen) atoms. The Morgan fingerprint density at radius 3 is 3.00 bits per heavy atom. The first-order valence-corrected chi connectivity index (χ1v) is 7.77. The van der Waals surface area contributed by atoms with Crippen molar-refractivity contribution in [2.45, 2.75) is 38.0 Å². The molecule has 4 nitrogen and oxygen atoms in total. The predicted octanol–water partition coefficient (Wildman–Crippen LogP) is 1.92. The van der Waals surface area contributed by atoms with Gasteiger partial charge in [0.05, 0.1) is 24.3 Å². The largest absolute Gasteiger partial charge is 0.393 e. The van der Waals surface area contributed by atoms with Crippen molar-refractivity contribution in [3.63, 3.8) is 0 Å². The normalized spacial score (nSPS) is 30.2. The molecular formula is C17H22N2O2. The van der Waals surface area contributed by atoms with Gasteiger partial charge in [0.15, 0.2) is 0 Å². The van der Waals surface area contributed by atoms with E-state index in [1.165, 1.54) is 0 Å². The van der Waals surface area contributed by atoms with E-state index in [0.29, 0.717) is 19.3 Å². The zero-order valence-electron chi connectivity index (χ0n) is 12.2. The molecule has 0 aliphatic carbocycles. The molecule has 4 heteroatoms. The number of nitrogens with zero attached hydrogens (tertiary/aromatic N) is 2. The van der Waals surface area contributed by atoms with Crippen molar-refractivity contribution >= 4 is 0 Å². The number of ether oxygens (including phenoxy) is 1. The lowest BCUT2D eigenvalue weighted by molar-refractivity contribution is -0.0636. The van der Waals surface area contributed by atoms with Gasteiger partial charge in [-0.05, 0) is 37.4 Å². The van der Waals surface area contributed by atoms with E-state index in [2.05, 4.69) is 11.0 Å². The predicted molar refractivity (Wildman–Crippen MR) is 79.5 cm³/mol. The molecule has 3 rings (SSSR count). The molecule has 0 radical (unpaired) electrons. The molecule has 0 spiro atoms. The van der Waals surface area contributed by atoms with Gasteiger partial charge >= 0.3 is 0 Å². The Hall–Kier alpha value is -1.41. The molecule has 0 bridgehead atoms. The average Bonchev–Trinajstić information content (AvgIpc) is 2.96. The second-order valence-electron chi connectivity index (χ2n) is 6.04. The molecule has 0 unspecified atom stereocenters. The SMILES string of the molecule is N#Cc1ccccc1CN1CCC[C@@H]1[C@H]1COCC[C@@H]1O. The maximum absolute atomic E-state index is 10.3. The van der Waals surface area contributed by atoms with Gasteiger partial charge in [-0.3, -0.25) is 4.90 Å². The van der Waals surface area contributed by atoms with Crippen molar-refractivity contribution in [3.8, 4) is 6.07 Å². The molecule has 2 fully saturated rings. The van der Waals surface area contributed by atoms with Crippen LogP contribution in [0.25, 0.3) is 0 Å². The third kappa shape index (κ3) is 3.11. The molecule has 2 saturated heterocycles. The minimum Gasteiger partial charge on any atom is -0.393 e. The summed E-state index contributed by atoms with van der Waals surface area (Å²) >= 11 is 0. The van der Waals surface area contributed by atoms with Gasteiger partial charge in [0.1, 0.15) is 0 Å². The van der Waals surface area contributed by atoms with Gasteiger partial charge in [0, 0.05) is 25.1 Å². The first kappa shape index (κ1) is 14.5. The topological polar surface area (TPSA) is 56.5 Å². The Labute approximate surface area is 125 Å². The van der Waals surface area contributed by atoms with Gasteiger partial charge in [-0.15, -0.1) is 0 Å². The second-order valence-corrected chi connectivity index (χ2v) is 6.04. The third-order valence-electron chi connectivity index (χ3n) is 4.78. The summed E-state index contributed by atoms with van der Waals surface area (Å²) in [5.74, 6) is 0.204. The van der Waals surface area contributed by atoms with Crippen molar-refractivity contribution < 1.29 is 9.84 Å². The Balaban J connectivity index is 1.74. The molecule has 1 aromatic carbocycles. The van der Waals surface area contributed by atoms with Gasteiger partial charge in [0.2, 0.25) is 0 Å². The van der Waals surface area contributed by atoms with Crippen LogP contribution in [0.4, 0.5) is 0 Å². The number of likely N-dealkylation sites (tertiary alicyclic amines) is 1. The average molecular weight is 286 g/mol. The van der Waals surface area contributed by atoms with Crippen molar-refractivity contribution in [1.82, 2.24) is 4.90 Å². The highest BCUT2D eigenvalue weighted by Gasteiger charge is 2.37. The van der Waals surface area contributed by atoms with Crippen LogP contribution in [0.1, 0.15) is 30.4 Å². The Bertz CT molecular complexity index is 526. The van der Waals surface area contributed by atoms with E-state index in [1.54, 1.807) is 0 Å². The van der Waals surface area contributed by atoms with E-state index in [-0.39, 0.29) is 12.0 Å². The van der Waals surface area contributed by atoms with Crippen LogP contribution in [0.3, 0.4) is 0 Å². The maximum atomic E-state index is 10.3. The summed E-state index contributed by atoms with van der Waals surface area (Å²) in [7, 11) is 0. The van der Waals surface area contributed by atoms with E-state index < -0.39 is 0 Å². The Kier molecular flexibility index (Phi) is 4.54. The second kappa shape index (κ2) is 6.57. The fourth-order valence-corrected chi connectivity index (χ4v) is 3.64. The summed E-state index contributed by atoms with van der Waals surface area (Å²) in [6, 6.07) is 10.4. The van der Waals surface area contributed by atoms with Gasteiger partial charge in [-0.25, -0.2) is 0 Å². The highest BCUT2D eigenvalue weighted by molar-refractivity contribution is 5.37. The number of rotatable bonds is 3. The van der Waals surface area contributed by atoms with E-state index in [9.17, 15) is 10.4 Å². The van der Waals surface area contributed by atoms with Crippen LogP contribution in [0, 0.1) is 17.2 Å². The first-order valence-electron chi connectivity index (χ1n) is 7.77. The number of benzene rings is 1. The number of aliphatic hydroxyl groups excluding tert-OH is 1. The van der Waals surface area contributed by atoms with Crippen LogP contribution in [0.15, 0.2) is 24.3 Å². The first-order chi connectivity index (χ1) is 10.3. The summed E-state index contributed by atoms with van der Waals surface area (Å²) in [5, 5.41) is 19.5. The lowest BCUT2D eigenvalue weighted by atomic mass is 9.89. The van der Waals surface area contributed by atoms with Crippen LogP contribution in [-0.2, 0) is 11.3 Å². The molecule has 0 amide bonds. The van der Waals surface area contributed by atoms with E-state index in [1.807, 2.05) is 24.3 Å². The summed E-state index contributed by atoms with van der Waals surface area (Å²) in [6.45, 7) is 3.15. The van der Waals surface area contributed by atoms with Crippen molar-refractivity contribution in [1.29, 1.82) is 5.26 Å². The summed E-state index contributed by atoms with van der Waals surface area (Å²) < 4.78 is 5.57. The van der Waals surface area contributed by atoms with Crippen molar-refractivity contribution in [2.75, 3.05) is 19.8 Å². The molecule has 0 saturated carbocycles. The monoisotopic (exact) mass is 286 g/mol. The highest BCUT2D eigenvalue weighted by atomic mass is 16.5. The fraction of sp³-hybridized carbons (Fsp3) is 0.588. The highest BCUT2D eigenvalue weighted by Crippen LogP contribution is 2.31. The fourth-order valence-electron chi connectivity index (χ4n) is 3.64. The van der Waals surface area contributed by atoms with Crippen molar-refractivity contribution in [2.24, 2.45) is 5.92 Å². The molecule has 1 N–H and O–H groups in total. The van der Waals surface area contributed by atoms with Crippen LogP contribution < -0.4 is 0 Å². The van der Waals surface area contributed by atoms with Crippen molar-refractivity contribution in [3.05, 3.63) is 35.4 Å². The molecule has 3 atom stereocenters. The zero-order chi connectivity index (χ0) is 14.7. The van der Waals surface area contributed by atoms with Gasteiger partial charge in [-0.1, -0.05) is 18.2 Å². The lowest BCUT2D eigenvalue weighted by Gasteiger charge is -2.37. The van der Waals surface area contributed by atoms with Crippen LogP contribution in [0.2, 0.25) is 0 Å². The van der Waals surface area contributed by atoms with Crippen LogP contribution in [0.5, 0.6) is 0 Å². The maximum Gasteiger partial charge on any atom is 0.0995 e. The molecule has 2 aliphatic rings. The molecule has 2 aliphatic heterocycles. The van der Waals surface area contributed by atoms with Gasteiger partial charge in [-0.2, -0.15) is 5.26 Å². The molecule has 2 heterocycles. The van der Waals surface area contributed by atoms with E-state index >= 15 is 0 Å². The third-order valence-corrected chi connectivity index (χ3v) is 4.78. The minimum atomic E-state index is -0.254. The van der Waals surface area contributed by atoms with Crippen LogP contribution >= 0.6 is 0 Å². The Morgan fingerprint density at radius 2 is 2.19 bits per heavy atom. The standard InChI is InChI=1S/C17H22N2O2/c18-10-13-4-1-2-5-14(13)11-19-8-3-6-16(19)15-12-21-9-7-17(15)20/h1-2,4-5,15-17,20H,3,6-9,11-12H2/t15-,16-,17+/m1/s1.